The van der Waals surface area contributed by atoms with E-state index in [1.54, 1.807) is 0 Å². The average molecular weight is 332 g/mol. The molecule has 0 N–H and O–H groups in total. The van der Waals surface area contributed by atoms with Crippen LogP contribution in [0.15, 0.2) is 64.4 Å². The molecule has 0 saturated heterocycles. The van der Waals surface area contributed by atoms with Gasteiger partial charge in [0.25, 0.3) is 0 Å². The molecule has 0 unspecified atom stereocenters. The highest BCUT2D eigenvalue weighted by Gasteiger charge is 2.10. The van der Waals surface area contributed by atoms with Crippen molar-refractivity contribution < 1.29 is 13.2 Å². The fourth-order valence-corrected chi connectivity index (χ4v) is 2.26. The van der Waals surface area contributed by atoms with Crippen molar-refractivity contribution in [1.82, 2.24) is 9.13 Å². The second kappa shape index (κ2) is 6.19. The van der Waals surface area contributed by atoms with Crippen LogP contribution in [0, 0.1) is 17.5 Å². The lowest BCUT2D eigenvalue weighted by Gasteiger charge is -2.09. The Hall–Kier alpha value is -3.09. The second-order valence-corrected chi connectivity index (χ2v) is 5.13. The van der Waals surface area contributed by atoms with E-state index in [4.69, 9.17) is 0 Å². The lowest BCUT2D eigenvalue weighted by Crippen LogP contribution is -2.40. The van der Waals surface area contributed by atoms with E-state index in [0.29, 0.717) is 5.56 Å². The van der Waals surface area contributed by atoms with Crippen LogP contribution >= 0.6 is 0 Å². The highest BCUT2D eigenvalue weighted by atomic mass is 19.2. The van der Waals surface area contributed by atoms with Crippen LogP contribution < -0.4 is 11.1 Å². The highest BCUT2D eigenvalue weighted by Crippen LogP contribution is 2.11. The summed E-state index contributed by atoms with van der Waals surface area (Å²) in [5.41, 5.74) is -1.04. The monoisotopic (exact) mass is 332 g/mol. The van der Waals surface area contributed by atoms with Crippen molar-refractivity contribution >= 4 is 0 Å². The third-order valence-corrected chi connectivity index (χ3v) is 3.51. The molecule has 0 saturated carbocycles. The Morgan fingerprint density at radius 3 is 2.17 bits per heavy atom. The van der Waals surface area contributed by atoms with Gasteiger partial charge < -0.3 is 4.57 Å². The number of halogens is 3. The van der Waals surface area contributed by atoms with E-state index in [1.165, 1.54) is 42.7 Å². The molecule has 0 aliphatic carbocycles. The fraction of sp³-hybridized carbons (Fsp3) is 0.0588. The van der Waals surface area contributed by atoms with Crippen LogP contribution in [-0.2, 0) is 6.54 Å². The minimum atomic E-state index is -1.12. The molecular weight excluding hydrogens is 321 g/mol. The molecule has 0 aliphatic rings. The van der Waals surface area contributed by atoms with E-state index in [-0.39, 0.29) is 12.2 Å². The number of benzene rings is 2. The summed E-state index contributed by atoms with van der Waals surface area (Å²) in [4.78, 5) is 24.4. The van der Waals surface area contributed by atoms with Crippen LogP contribution in [0.5, 0.6) is 0 Å². The summed E-state index contributed by atoms with van der Waals surface area (Å²) in [6.07, 6.45) is 2.65. The standard InChI is InChI=1S/C17H11F3N2O2/c18-12-3-1-11(2-4-12)10-21-7-8-22(17(24)16(21)23)13-5-6-14(19)15(20)9-13/h1-9H,10H2. The van der Waals surface area contributed by atoms with Crippen molar-refractivity contribution in [2.45, 2.75) is 6.54 Å². The van der Waals surface area contributed by atoms with Crippen LogP contribution in [0.25, 0.3) is 5.69 Å². The van der Waals surface area contributed by atoms with Crippen LogP contribution in [-0.4, -0.2) is 9.13 Å². The third kappa shape index (κ3) is 3.01. The van der Waals surface area contributed by atoms with Crippen LogP contribution in [0.3, 0.4) is 0 Å². The zero-order valence-electron chi connectivity index (χ0n) is 12.2. The summed E-state index contributed by atoms with van der Waals surface area (Å²) in [5, 5.41) is 0. The van der Waals surface area contributed by atoms with Crippen molar-refractivity contribution in [1.29, 1.82) is 0 Å². The Kier molecular flexibility index (Phi) is 4.07. The molecule has 1 heterocycles. The Bertz CT molecular complexity index is 1010. The van der Waals surface area contributed by atoms with Crippen molar-refractivity contribution in [3.05, 3.63) is 98.6 Å². The van der Waals surface area contributed by atoms with E-state index >= 15 is 0 Å². The van der Waals surface area contributed by atoms with Gasteiger partial charge in [-0.3, -0.25) is 14.2 Å². The topological polar surface area (TPSA) is 44.0 Å². The first-order valence-electron chi connectivity index (χ1n) is 6.97. The van der Waals surface area contributed by atoms with Gasteiger partial charge in [0.15, 0.2) is 11.6 Å². The molecule has 122 valence electrons. The first-order valence-corrected chi connectivity index (χ1v) is 6.97. The van der Waals surface area contributed by atoms with Crippen LogP contribution in [0.4, 0.5) is 13.2 Å². The number of aromatic nitrogens is 2. The van der Waals surface area contributed by atoms with Crippen LogP contribution in [0.2, 0.25) is 0 Å². The molecule has 0 atom stereocenters. The van der Waals surface area contributed by atoms with Crippen molar-refractivity contribution in [2.75, 3.05) is 0 Å². The SMILES string of the molecule is O=c1c(=O)n(-c2ccc(F)c(F)c2)ccn1Cc1ccc(F)cc1. The van der Waals surface area contributed by atoms with Gasteiger partial charge in [0.05, 0.1) is 12.2 Å². The summed E-state index contributed by atoms with van der Waals surface area (Å²) >= 11 is 0. The summed E-state index contributed by atoms with van der Waals surface area (Å²) in [6.45, 7) is 0.0903. The smallest absolute Gasteiger partial charge is 0.305 e. The van der Waals surface area contributed by atoms with Gasteiger partial charge in [-0.25, -0.2) is 13.2 Å². The fourth-order valence-electron chi connectivity index (χ4n) is 2.26. The molecule has 0 amide bonds. The molecule has 24 heavy (non-hydrogen) atoms. The number of hydrogen-bond donors (Lipinski definition) is 0. The minimum absolute atomic E-state index is 0.0462. The molecule has 0 fully saturated rings. The first-order chi connectivity index (χ1) is 11.5. The Morgan fingerprint density at radius 1 is 0.792 bits per heavy atom. The third-order valence-electron chi connectivity index (χ3n) is 3.51. The Labute approximate surface area is 134 Å². The van der Waals surface area contributed by atoms with Gasteiger partial charge in [0.2, 0.25) is 0 Å². The molecule has 7 heteroatoms. The van der Waals surface area contributed by atoms with E-state index in [9.17, 15) is 22.8 Å². The zero-order chi connectivity index (χ0) is 17.3. The van der Waals surface area contributed by atoms with E-state index in [2.05, 4.69) is 0 Å². The molecule has 4 nitrogen and oxygen atoms in total. The summed E-state index contributed by atoms with van der Waals surface area (Å²) in [6, 6.07) is 8.42. The molecule has 3 aromatic rings. The predicted molar refractivity (Wildman–Crippen MR) is 81.7 cm³/mol. The molecule has 2 aromatic carbocycles. The Morgan fingerprint density at radius 2 is 1.50 bits per heavy atom. The summed E-state index contributed by atoms with van der Waals surface area (Å²) < 4.78 is 41.3. The van der Waals surface area contributed by atoms with Gasteiger partial charge in [0, 0.05) is 18.5 Å². The first kappa shape index (κ1) is 15.8. The molecule has 1 aromatic heterocycles. The normalized spacial score (nSPS) is 10.8. The van der Waals surface area contributed by atoms with Crippen LogP contribution in [0.1, 0.15) is 5.56 Å². The minimum Gasteiger partial charge on any atom is -0.305 e. The van der Waals surface area contributed by atoms with Gasteiger partial charge in [0.1, 0.15) is 5.82 Å². The number of nitrogens with zero attached hydrogens (tertiary/aromatic N) is 2. The van der Waals surface area contributed by atoms with Gasteiger partial charge >= 0.3 is 11.1 Å². The van der Waals surface area contributed by atoms with Gasteiger partial charge in [-0.05, 0) is 29.8 Å². The van der Waals surface area contributed by atoms with Crippen molar-refractivity contribution in [2.24, 2.45) is 0 Å². The van der Waals surface area contributed by atoms with Crippen molar-refractivity contribution in [3.63, 3.8) is 0 Å². The highest BCUT2D eigenvalue weighted by molar-refractivity contribution is 5.32. The maximum atomic E-state index is 13.3. The average Bonchev–Trinajstić information content (AvgIpc) is 2.57. The van der Waals surface area contributed by atoms with E-state index in [1.807, 2.05) is 0 Å². The number of rotatable bonds is 3. The molecule has 0 spiro atoms. The summed E-state index contributed by atoms with van der Waals surface area (Å²) in [5.74, 6) is -2.56. The lowest BCUT2D eigenvalue weighted by molar-refractivity contribution is 0.507. The lowest BCUT2D eigenvalue weighted by atomic mass is 10.2. The Balaban J connectivity index is 2.00. The van der Waals surface area contributed by atoms with Crippen molar-refractivity contribution in [3.8, 4) is 5.69 Å². The molecule has 0 aliphatic heterocycles. The number of hydrogen-bond acceptors (Lipinski definition) is 2. The molecule has 3 rings (SSSR count). The van der Waals surface area contributed by atoms with Gasteiger partial charge in [-0.1, -0.05) is 12.1 Å². The molecule has 0 radical (unpaired) electrons. The molecular formula is C17H11F3N2O2. The largest absolute Gasteiger partial charge is 0.320 e. The van der Waals surface area contributed by atoms with E-state index in [0.717, 1.165) is 21.3 Å². The second-order valence-electron chi connectivity index (χ2n) is 5.13. The predicted octanol–water partition coefficient (Wildman–Crippen LogP) is 2.46. The zero-order valence-corrected chi connectivity index (χ0v) is 12.2. The van der Waals surface area contributed by atoms with Gasteiger partial charge in [-0.2, -0.15) is 0 Å². The van der Waals surface area contributed by atoms with Gasteiger partial charge in [-0.15, -0.1) is 0 Å². The summed E-state index contributed by atoms with van der Waals surface area (Å²) in [7, 11) is 0. The molecule has 0 bridgehead atoms. The quantitative estimate of drug-likeness (QED) is 0.692. The maximum absolute atomic E-state index is 13.3. The van der Waals surface area contributed by atoms with E-state index < -0.39 is 28.6 Å². The maximum Gasteiger partial charge on any atom is 0.320 e.